The fourth-order valence-corrected chi connectivity index (χ4v) is 4.33. The van der Waals surface area contributed by atoms with Crippen LogP contribution in [-0.4, -0.2) is 30.0 Å². The molecule has 0 atom stereocenters. The molecule has 0 spiro atoms. The average Bonchev–Trinajstić information content (AvgIpc) is 3.69. The number of anilines is 1. The molecule has 1 aliphatic carbocycles. The Bertz CT molecular complexity index is 1180. The van der Waals surface area contributed by atoms with Crippen LogP contribution in [0.2, 0.25) is 0 Å². The fourth-order valence-electron chi connectivity index (χ4n) is 3.42. The van der Waals surface area contributed by atoms with Crippen molar-refractivity contribution in [2.45, 2.75) is 29.3 Å². The van der Waals surface area contributed by atoms with Gasteiger partial charge in [-0.1, -0.05) is 23.9 Å². The Balaban J connectivity index is 1.22. The molecule has 5 rings (SSSR count). The van der Waals surface area contributed by atoms with Crippen molar-refractivity contribution in [2.24, 2.45) is 5.92 Å². The summed E-state index contributed by atoms with van der Waals surface area (Å²) in [6, 6.07) is 16.7. The van der Waals surface area contributed by atoms with Gasteiger partial charge in [0.2, 0.25) is 5.91 Å². The highest BCUT2D eigenvalue weighted by Gasteiger charge is 2.29. The Morgan fingerprint density at radius 2 is 1.79 bits per heavy atom. The first-order chi connectivity index (χ1) is 16.2. The van der Waals surface area contributed by atoms with Gasteiger partial charge in [-0.3, -0.25) is 9.59 Å². The van der Waals surface area contributed by atoms with E-state index in [1.165, 1.54) is 11.8 Å². The number of rotatable bonds is 7. The Morgan fingerprint density at radius 1 is 1.00 bits per heavy atom. The van der Waals surface area contributed by atoms with E-state index < -0.39 is 0 Å². The third-order valence-electron chi connectivity index (χ3n) is 5.37. The minimum atomic E-state index is -0.200. The number of benzene rings is 2. The first-order valence-electron chi connectivity index (χ1n) is 10.9. The number of aromatic nitrogens is 1. The summed E-state index contributed by atoms with van der Waals surface area (Å²) in [6.45, 7) is 1.44. The van der Waals surface area contributed by atoms with Crippen molar-refractivity contribution in [3.8, 4) is 11.5 Å². The molecule has 2 N–H and O–H groups in total. The molecule has 0 bridgehead atoms. The van der Waals surface area contributed by atoms with Gasteiger partial charge in [0.15, 0.2) is 11.5 Å². The molecule has 2 amide bonds. The van der Waals surface area contributed by atoms with Crippen molar-refractivity contribution < 1.29 is 19.1 Å². The molecule has 2 heterocycles. The van der Waals surface area contributed by atoms with Gasteiger partial charge in [0.1, 0.15) is 18.2 Å². The van der Waals surface area contributed by atoms with Crippen LogP contribution in [0.4, 0.5) is 5.69 Å². The van der Waals surface area contributed by atoms with Gasteiger partial charge in [-0.2, -0.15) is 0 Å². The zero-order chi connectivity index (χ0) is 22.6. The van der Waals surface area contributed by atoms with Crippen LogP contribution >= 0.6 is 11.8 Å². The van der Waals surface area contributed by atoms with Gasteiger partial charge < -0.3 is 20.1 Å². The van der Waals surface area contributed by atoms with E-state index in [2.05, 4.69) is 15.6 Å². The molecule has 33 heavy (non-hydrogen) atoms. The van der Waals surface area contributed by atoms with Gasteiger partial charge in [0.25, 0.3) is 5.91 Å². The standard InChI is InChI=1S/C25H23N3O4S/c29-23(17-5-6-17)28-18-7-3-16(4-8-18)15-27-24(30)20-2-1-11-26-25(20)33-19-9-10-21-22(14-19)32-13-12-31-21/h1-4,7-11,14,17H,5-6,12-13,15H2,(H,27,30)(H,28,29). The molecule has 2 aliphatic rings. The number of hydrogen-bond donors (Lipinski definition) is 2. The van der Waals surface area contributed by atoms with E-state index in [1.807, 2.05) is 42.5 Å². The largest absolute Gasteiger partial charge is 0.486 e. The molecule has 0 radical (unpaired) electrons. The third kappa shape index (κ3) is 5.28. The highest BCUT2D eigenvalue weighted by atomic mass is 32.2. The molecule has 3 aromatic rings. The maximum absolute atomic E-state index is 12.9. The van der Waals surface area contributed by atoms with E-state index in [0.717, 1.165) is 34.7 Å². The molecular weight excluding hydrogens is 438 g/mol. The Morgan fingerprint density at radius 3 is 2.58 bits per heavy atom. The smallest absolute Gasteiger partial charge is 0.254 e. The quantitative estimate of drug-likeness (QED) is 0.546. The monoisotopic (exact) mass is 461 g/mol. The number of carbonyl (C=O) groups is 2. The first-order valence-corrected chi connectivity index (χ1v) is 11.7. The number of fused-ring (bicyclic) bond motifs is 1. The van der Waals surface area contributed by atoms with Crippen LogP contribution in [0.25, 0.3) is 0 Å². The summed E-state index contributed by atoms with van der Waals surface area (Å²) >= 11 is 1.40. The van der Waals surface area contributed by atoms with E-state index in [0.29, 0.717) is 36.1 Å². The predicted molar refractivity (Wildman–Crippen MR) is 125 cm³/mol. The summed E-state index contributed by atoms with van der Waals surface area (Å²) in [6.07, 6.45) is 3.62. The number of nitrogens with zero attached hydrogens (tertiary/aromatic N) is 1. The zero-order valence-electron chi connectivity index (χ0n) is 17.9. The van der Waals surface area contributed by atoms with Crippen molar-refractivity contribution in [2.75, 3.05) is 18.5 Å². The minimum absolute atomic E-state index is 0.0793. The first kappa shape index (κ1) is 21.3. The lowest BCUT2D eigenvalue weighted by Gasteiger charge is -2.18. The van der Waals surface area contributed by atoms with Gasteiger partial charge in [0.05, 0.1) is 5.56 Å². The molecule has 168 valence electrons. The van der Waals surface area contributed by atoms with E-state index in [9.17, 15) is 9.59 Å². The normalized spacial score (nSPS) is 14.4. The second-order valence-electron chi connectivity index (χ2n) is 7.91. The molecule has 0 saturated heterocycles. The summed E-state index contributed by atoms with van der Waals surface area (Å²) in [5, 5.41) is 6.49. The van der Waals surface area contributed by atoms with Crippen molar-refractivity contribution in [3.05, 3.63) is 71.9 Å². The molecule has 0 unspecified atom stereocenters. The lowest BCUT2D eigenvalue weighted by Crippen LogP contribution is -2.23. The maximum Gasteiger partial charge on any atom is 0.254 e. The number of hydrogen-bond acceptors (Lipinski definition) is 6. The summed E-state index contributed by atoms with van der Waals surface area (Å²) in [7, 11) is 0. The van der Waals surface area contributed by atoms with Crippen LogP contribution < -0.4 is 20.1 Å². The summed E-state index contributed by atoms with van der Waals surface area (Å²) in [4.78, 5) is 30.1. The Kier molecular flexibility index (Phi) is 6.17. The number of nitrogens with one attached hydrogen (secondary N) is 2. The number of amides is 2. The number of carbonyl (C=O) groups excluding carboxylic acids is 2. The van der Waals surface area contributed by atoms with E-state index in [4.69, 9.17) is 9.47 Å². The Hall–Kier alpha value is -3.52. The molecule has 1 aromatic heterocycles. The number of ether oxygens (including phenoxy) is 2. The molecular formula is C25H23N3O4S. The van der Waals surface area contributed by atoms with E-state index in [1.54, 1.807) is 18.3 Å². The third-order valence-corrected chi connectivity index (χ3v) is 6.37. The SMILES string of the molecule is O=C(NCc1ccc(NC(=O)C2CC2)cc1)c1cccnc1Sc1ccc2c(c1)OCCO2. The topological polar surface area (TPSA) is 89.6 Å². The zero-order valence-corrected chi connectivity index (χ0v) is 18.7. The van der Waals surface area contributed by atoms with Crippen molar-refractivity contribution in [1.29, 1.82) is 0 Å². The van der Waals surface area contributed by atoms with Gasteiger partial charge in [-0.25, -0.2) is 4.98 Å². The molecule has 8 heteroatoms. The summed E-state index contributed by atoms with van der Waals surface area (Å²) in [5.41, 5.74) is 2.22. The molecule has 1 aliphatic heterocycles. The maximum atomic E-state index is 12.9. The molecule has 1 fully saturated rings. The van der Waals surface area contributed by atoms with E-state index in [-0.39, 0.29) is 17.7 Å². The lowest BCUT2D eigenvalue weighted by atomic mass is 10.2. The number of pyridine rings is 1. The fraction of sp³-hybridized carbons (Fsp3) is 0.240. The van der Waals surface area contributed by atoms with Crippen LogP contribution in [0, 0.1) is 5.92 Å². The van der Waals surface area contributed by atoms with Crippen LogP contribution in [0.15, 0.2) is 70.7 Å². The predicted octanol–water partition coefficient (Wildman–Crippen LogP) is 4.28. The lowest BCUT2D eigenvalue weighted by molar-refractivity contribution is -0.117. The average molecular weight is 462 g/mol. The summed E-state index contributed by atoms with van der Waals surface area (Å²) < 4.78 is 11.2. The molecule has 1 saturated carbocycles. The highest BCUT2D eigenvalue weighted by molar-refractivity contribution is 7.99. The van der Waals surface area contributed by atoms with Gasteiger partial charge in [0, 0.05) is 29.2 Å². The van der Waals surface area contributed by atoms with E-state index >= 15 is 0 Å². The minimum Gasteiger partial charge on any atom is -0.486 e. The van der Waals surface area contributed by atoms with Crippen LogP contribution in [0.1, 0.15) is 28.8 Å². The molecule has 2 aromatic carbocycles. The van der Waals surface area contributed by atoms with Gasteiger partial charge in [-0.05, 0) is 60.9 Å². The highest BCUT2D eigenvalue weighted by Crippen LogP contribution is 2.37. The second kappa shape index (κ2) is 9.54. The van der Waals surface area contributed by atoms with Gasteiger partial charge >= 0.3 is 0 Å². The van der Waals surface area contributed by atoms with Gasteiger partial charge in [-0.15, -0.1) is 0 Å². The molecule has 7 nitrogen and oxygen atoms in total. The van der Waals surface area contributed by atoms with Crippen LogP contribution in [0.5, 0.6) is 11.5 Å². The second-order valence-corrected chi connectivity index (χ2v) is 8.97. The van der Waals surface area contributed by atoms with Crippen molar-refractivity contribution >= 4 is 29.3 Å². The summed E-state index contributed by atoms with van der Waals surface area (Å²) in [5.74, 6) is 1.47. The van der Waals surface area contributed by atoms with Crippen molar-refractivity contribution in [3.63, 3.8) is 0 Å². The Labute approximate surface area is 195 Å². The van der Waals surface area contributed by atoms with Crippen molar-refractivity contribution in [1.82, 2.24) is 10.3 Å². The van der Waals surface area contributed by atoms with Crippen LogP contribution in [-0.2, 0) is 11.3 Å². The van der Waals surface area contributed by atoms with Crippen LogP contribution in [0.3, 0.4) is 0 Å².